The van der Waals surface area contributed by atoms with Gasteiger partial charge in [-0.3, -0.25) is 4.79 Å². The van der Waals surface area contributed by atoms with Crippen molar-refractivity contribution in [2.75, 3.05) is 17.7 Å². The molecular formula is C21H17N5O3. The minimum atomic E-state index is -0.560. The van der Waals surface area contributed by atoms with E-state index in [1.165, 1.54) is 13.2 Å². The van der Waals surface area contributed by atoms with Crippen LogP contribution in [0.2, 0.25) is 0 Å². The number of amides is 1. The maximum Gasteiger partial charge on any atom is 0.339 e. The van der Waals surface area contributed by atoms with E-state index >= 15 is 0 Å². The van der Waals surface area contributed by atoms with Gasteiger partial charge < -0.3 is 15.4 Å². The van der Waals surface area contributed by atoms with Gasteiger partial charge in [0.25, 0.3) is 5.91 Å². The van der Waals surface area contributed by atoms with E-state index in [4.69, 9.17) is 4.74 Å². The van der Waals surface area contributed by atoms with Crippen LogP contribution < -0.4 is 10.6 Å². The Bertz CT molecular complexity index is 1120. The molecule has 3 rings (SSSR count). The normalized spacial score (nSPS) is 9.97. The molecule has 29 heavy (non-hydrogen) atoms. The number of para-hydroxylation sites is 2. The highest BCUT2D eigenvalue weighted by molar-refractivity contribution is 6.07. The summed E-state index contributed by atoms with van der Waals surface area (Å²) in [5, 5.41) is 14.9. The summed E-state index contributed by atoms with van der Waals surface area (Å²) in [6.45, 7) is 1.72. The number of nitrogens with zero attached hydrogens (tertiary/aromatic N) is 3. The molecule has 8 heteroatoms. The molecule has 0 aliphatic heterocycles. The predicted molar refractivity (Wildman–Crippen MR) is 107 cm³/mol. The Morgan fingerprint density at radius 1 is 1.03 bits per heavy atom. The molecule has 0 saturated heterocycles. The monoisotopic (exact) mass is 387 g/mol. The molecule has 8 nitrogen and oxygen atoms in total. The predicted octanol–water partition coefficient (Wildman–Crippen LogP) is 3.44. The van der Waals surface area contributed by atoms with Crippen molar-refractivity contribution in [1.82, 2.24) is 9.97 Å². The standard InChI is InChI=1S/C21H17N5O3/c1-13-11-18(19(27)24-17-10-6-4-8-15(17)20(28)29-2)26-21(23-13)25-16-9-5-3-7-14(16)12-22/h3-11H,1-2H3,(H,24,27)(H,23,25,26). The van der Waals surface area contributed by atoms with Crippen LogP contribution in [0.3, 0.4) is 0 Å². The summed E-state index contributed by atoms with van der Waals surface area (Å²) in [5.74, 6) is -0.891. The van der Waals surface area contributed by atoms with E-state index in [1.54, 1.807) is 55.5 Å². The molecule has 0 spiro atoms. The lowest BCUT2D eigenvalue weighted by atomic mass is 10.1. The Labute approximate surface area is 167 Å². The van der Waals surface area contributed by atoms with Gasteiger partial charge in [-0.25, -0.2) is 14.8 Å². The van der Waals surface area contributed by atoms with Crippen LogP contribution in [0.15, 0.2) is 54.6 Å². The number of hydrogen-bond acceptors (Lipinski definition) is 7. The average Bonchev–Trinajstić information content (AvgIpc) is 2.73. The topological polar surface area (TPSA) is 117 Å². The number of carbonyl (C=O) groups is 2. The van der Waals surface area contributed by atoms with Gasteiger partial charge in [-0.1, -0.05) is 24.3 Å². The summed E-state index contributed by atoms with van der Waals surface area (Å²) in [6.07, 6.45) is 0. The zero-order valence-corrected chi connectivity index (χ0v) is 15.8. The van der Waals surface area contributed by atoms with E-state index in [2.05, 4.69) is 26.7 Å². The SMILES string of the molecule is COC(=O)c1ccccc1NC(=O)c1cc(C)nc(Nc2ccccc2C#N)n1. The van der Waals surface area contributed by atoms with E-state index in [9.17, 15) is 14.9 Å². The van der Waals surface area contributed by atoms with Crippen molar-refractivity contribution in [3.63, 3.8) is 0 Å². The van der Waals surface area contributed by atoms with E-state index in [0.29, 0.717) is 22.6 Å². The molecule has 1 aromatic heterocycles. The molecule has 0 saturated carbocycles. The maximum absolute atomic E-state index is 12.7. The first-order chi connectivity index (χ1) is 14.0. The third-order valence-electron chi connectivity index (χ3n) is 3.96. The molecular weight excluding hydrogens is 370 g/mol. The van der Waals surface area contributed by atoms with Crippen molar-refractivity contribution < 1.29 is 14.3 Å². The van der Waals surface area contributed by atoms with Crippen LogP contribution in [0.1, 0.15) is 32.1 Å². The number of nitrogens with one attached hydrogen (secondary N) is 2. The Morgan fingerprint density at radius 3 is 2.45 bits per heavy atom. The van der Waals surface area contributed by atoms with Crippen molar-refractivity contribution in [2.45, 2.75) is 6.92 Å². The van der Waals surface area contributed by atoms with E-state index < -0.39 is 11.9 Å². The molecule has 0 aliphatic rings. The summed E-state index contributed by atoms with van der Waals surface area (Å²) < 4.78 is 4.74. The van der Waals surface area contributed by atoms with Gasteiger partial charge in [0, 0.05) is 5.69 Å². The number of nitriles is 1. The Hall–Kier alpha value is -4.25. The highest BCUT2D eigenvalue weighted by atomic mass is 16.5. The molecule has 0 unspecified atom stereocenters. The van der Waals surface area contributed by atoms with Crippen LogP contribution in [0.25, 0.3) is 0 Å². The summed E-state index contributed by atoms with van der Waals surface area (Å²) in [4.78, 5) is 33.1. The summed E-state index contributed by atoms with van der Waals surface area (Å²) in [5.41, 5.74) is 2.16. The van der Waals surface area contributed by atoms with Gasteiger partial charge in [0.15, 0.2) is 0 Å². The number of carbonyl (C=O) groups excluding carboxylic acids is 2. The minimum Gasteiger partial charge on any atom is -0.465 e. The van der Waals surface area contributed by atoms with Gasteiger partial charge >= 0.3 is 5.97 Å². The van der Waals surface area contributed by atoms with Crippen molar-refractivity contribution in [3.05, 3.63) is 77.1 Å². The number of rotatable bonds is 5. The second kappa shape index (κ2) is 8.63. The molecule has 144 valence electrons. The fourth-order valence-corrected chi connectivity index (χ4v) is 2.62. The van der Waals surface area contributed by atoms with Crippen LogP contribution in [0.4, 0.5) is 17.3 Å². The van der Waals surface area contributed by atoms with E-state index in [1.807, 2.05) is 0 Å². The number of aryl methyl sites for hydroxylation is 1. The molecule has 1 heterocycles. The quantitative estimate of drug-likeness (QED) is 0.644. The molecule has 0 aliphatic carbocycles. The molecule has 0 radical (unpaired) electrons. The number of esters is 1. The Kier molecular flexibility index (Phi) is 5.80. The third kappa shape index (κ3) is 4.54. The zero-order chi connectivity index (χ0) is 20.8. The molecule has 2 aromatic carbocycles. The van der Waals surface area contributed by atoms with Crippen LogP contribution in [0, 0.1) is 18.3 Å². The highest BCUT2D eigenvalue weighted by Gasteiger charge is 2.16. The third-order valence-corrected chi connectivity index (χ3v) is 3.96. The summed E-state index contributed by atoms with van der Waals surface area (Å²) in [7, 11) is 1.27. The van der Waals surface area contributed by atoms with Crippen LogP contribution in [0.5, 0.6) is 0 Å². The number of aromatic nitrogens is 2. The number of methoxy groups -OCH3 is 1. The highest BCUT2D eigenvalue weighted by Crippen LogP contribution is 2.20. The van der Waals surface area contributed by atoms with Crippen LogP contribution in [-0.4, -0.2) is 29.0 Å². The Morgan fingerprint density at radius 2 is 1.72 bits per heavy atom. The van der Waals surface area contributed by atoms with Crippen molar-refractivity contribution in [1.29, 1.82) is 5.26 Å². The smallest absolute Gasteiger partial charge is 0.339 e. The van der Waals surface area contributed by atoms with Crippen molar-refractivity contribution in [3.8, 4) is 6.07 Å². The van der Waals surface area contributed by atoms with Crippen LogP contribution >= 0.6 is 0 Å². The lowest BCUT2D eigenvalue weighted by molar-refractivity contribution is 0.0602. The minimum absolute atomic E-state index is 0.106. The number of benzene rings is 2. The first-order valence-electron chi connectivity index (χ1n) is 8.62. The Balaban J connectivity index is 1.88. The molecule has 0 bridgehead atoms. The van der Waals surface area contributed by atoms with Gasteiger partial charge in [0.2, 0.25) is 5.95 Å². The lowest BCUT2D eigenvalue weighted by Gasteiger charge is -2.11. The number of ether oxygens (including phenoxy) is 1. The first-order valence-corrected chi connectivity index (χ1v) is 8.62. The van der Waals surface area contributed by atoms with Crippen molar-refractivity contribution in [2.24, 2.45) is 0 Å². The van der Waals surface area contributed by atoms with Gasteiger partial charge in [-0.05, 0) is 37.3 Å². The van der Waals surface area contributed by atoms with E-state index in [0.717, 1.165) is 0 Å². The summed E-state index contributed by atoms with van der Waals surface area (Å²) >= 11 is 0. The molecule has 0 fully saturated rings. The number of hydrogen-bond donors (Lipinski definition) is 2. The second-order valence-corrected chi connectivity index (χ2v) is 5.99. The fourth-order valence-electron chi connectivity index (χ4n) is 2.62. The van der Waals surface area contributed by atoms with Crippen molar-refractivity contribution >= 4 is 29.2 Å². The maximum atomic E-state index is 12.7. The van der Waals surface area contributed by atoms with Gasteiger partial charge in [0.1, 0.15) is 11.8 Å². The largest absolute Gasteiger partial charge is 0.465 e. The molecule has 1 amide bonds. The first kappa shape index (κ1) is 19.5. The van der Waals surface area contributed by atoms with Crippen LogP contribution in [-0.2, 0) is 4.74 Å². The zero-order valence-electron chi connectivity index (χ0n) is 15.8. The molecule has 3 aromatic rings. The van der Waals surface area contributed by atoms with E-state index in [-0.39, 0.29) is 17.2 Å². The van der Waals surface area contributed by atoms with Gasteiger partial charge in [-0.2, -0.15) is 5.26 Å². The second-order valence-electron chi connectivity index (χ2n) is 5.99. The summed E-state index contributed by atoms with van der Waals surface area (Å²) in [6, 6.07) is 17.0. The lowest BCUT2D eigenvalue weighted by Crippen LogP contribution is -2.18. The fraction of sp³-hybridized carbons (Fsp3) is 0.0952. The van der Waals surface area contributed by atoms with Gasteiger partial charge in [0.05, 0.1) is 29.6 Å². The molecule has 0 atom stereocenters. The number of anilines is 3. The molecule has 2 N–H and O–H groups in total. The average molecular weight is 387 g/mol. The van der Waals surface area contributed by atoms with Gasteiger partial charge in [-0.15, -0.1) is 0 Å².